The molecule has 1 saturated heterocycles. The minimum absolute atomic E-state index is 0.0627. The number of hydrogen-bond donors (Lipinski definition) is 1. The lowest BCUT2D eigenvalue weighted by atomic mass is 10.0. The van der Waals surface area contributed by atoms with Crippen LogP contribution in [0, 0.1) is 0 Å². The fourth-order valence-corrected chi connectivity index (χ4v) is 3.60. The van der Waals surface area contributed by atoms with Gasteiger partial charge < -0.3 is 9.64 Å². The number of aromatic nitrogens is 3. The van der Waals surface area contributed by atoms with Crippen LogP contribution in [0.5, 0.6) is 0 Å². The van der Waals surface area contributed by atoms with E-state index in [0.29, 0.717) is 42.5 Å². The van der Waals surface area contributed by atoms with Crippen LogP contribution in [0.4, 0.5) is 0 Å². The first kappa shape index (κ1) is 17.8. The van der Waals surface area contributed by atoms with Crippen molar-refractivity contribution in [1.82, 2.24) is 19.5 Å². The molecule has 1 atom stereocenters. The number of carbonyl (C=O) groups excluding carboxylic acids is 1. The summed E-state index contributed by atoms with van der Waals surface area (Å²) in [6, 6.07) is 10.7. The van der Waals surface area contributed by atoms with Gasteiger partial charge in [-0.1, -0.05) is 23.7 Å². The molecule has 140 valence electrons. The SMILES string of the molecule is COCCN1CC(c2cc(=O)n3[nH]c(-c4cccc(Cl)c4)cc3n2)CC1=O. The second-order valence-electron chi connectivity index (χ2n) is 6.63. The number of benzene rings is 1. The van der Waals surface area contributed by atoms with E-state index in [1.165, 1.54) is 10.6 Å². The van der Waals surface area contributed by atoms with E-state index < -0.39 is 0 Å². The predicted molar refractivity (Wildman–Crippen MR) is 102 cm³/mol. The Morgan fingerprint density at radius 3 is 2.93 bits per heavy atom. The highest BCUT2D eigenvalue weighted by molar-refractivity contribution is 6.30. The number of aromatic amines is 1. The maximum atomic E-state index is 12.6. The summed E-state index contributed by atoms with van der Waals surface area (Å²) in [5.41, 5.74) is 2.59. The van der Waals surface area contributed by atoms with E-state index in [-0.39, 0.29) is 17.4 Å². The van der Waals surface area contributed by atoms with Crippen LogP contribution in [0.1, 0.15) is 18.0 Å². The van der Waals surface area contributed by atoms with E-state index in [4.69, 9.17) is 16.3 Å². The van der Waals surface area contributed by atoms with Gasteiger partial charge in [0.25, 0.3) is 5.56 Å². The molecule has 0 bridgehead atoms. The van der Waals surface area contributed by atoms with Gasteiger partial charge in [0.1, 0.15) is 0 Å². The summed E-state index contributed by atoms with van der Waals surface area (Å²) in [5.74, 6) is -0.0238. The Hall–Kier alpha value is -2.64. The number of methoxy groups -OCH3 is 1. The summed E-state index contributed by atoms with van der Waals surface area (Å²) >= 11 is 6.06. The maximum absolute atomic E-state index is 12.6. The van der Waals surface area contributed by atoms with Crippen molar-refractivity contribution >= 4 is 23.2 Å². The molecule has 1 aliphatic heterocycles. The van der Waals surface area contributed by atoms with Gasteiger partial charge in [-0.05, 0) is 12.1 Å². The number of H-pyrrole nitrogens is 1. The van der Waals surface area contributed by atoms with Gasteiger partial charge in [0.2, 0.25) is 5.91 Å². The number of nitrogens with one attached hydrogen (secondary N) is 1. The monoisotopic (exact) mass is 386 g/mol. The zero-order valence-electron chi connectivity index (χ0n) is 14.8. The summed E-state index contributed by atoms with van der Waals surface area (Å²) in [4.78, 5) is 31.1. The minimum Gasteiger partial charge on any atom is -0.383 e. The summed E-state index contributed by atoms with van der Waals surface area (Å²) in [6.45, 7) is 1.60. The van der Waals surface area contributed by atoms with Gasteiger partial charge in [-0.2, -0.15) is 0 Å². The predicted octanol–water partition coefficient (Wildman–Crippen LogP) is 2.31. The number of fused-ring (bicyclic) bond motifs is 1. The molecule has 0 radical (unpaired) electrons. The van der Waals surface area contributed by atoms with Crippen LogP contribution < -0.4 is 5.56 Å². The average molecular weight is 387 g/mol. The number of nitrogens with zero attached hydrogens (tertiary/aromatic N) is 3. The highest BCUT2D eigenvalue weighted by Gasteiger charge is 2.31. The zero-order chi connectivity index (χ0) is 19.0. The Morgan fingerprint density at radius 1 is 1.30 bits per heavy atom. The van der Waals surface area contributed by atoms with Crippen LogP contribution in [0.3, 0.4) is 0 Å². The summed E-state index contributed by atoms with van der Waals surface area (Å²) < 4.78 is 6.45. The van der Waals surface area contributed by atoms with Crippen molar-refractivity contribution in [3.63, 3.8) is 0 Å². The molecule has 7 nitrogen and oxygen atoms in total. The molecule has 4 rings (SSSR count). The number of carbonyl (C=O) groups is 1. The molecule has 1 aromatic carbocycles. The summed E-state index contributed by atoms with van der Waals surface area (Å²) in [6.07, 6.45) is 0.359. The van der Waals surface area contributed by atoms with E-state index in [9.17, 15) is 9.59 Å². The smallest absolute Gasteiger partial charge is 0.272 e. The molecular formula is C19H19ClN4O3. The van der Waals surface area contributed by atoms with Gasteiger partial charge in [0.05, 0.1) is 18.0 Å². The lowest BCUT2D eigenvalue weighted by Gasteiger charge is -2.15. The molecule has 1 amide bonds. The lowest BCUT2D eigenvalue weighted by Crippen LogP contribution is -2.28. The summed E-state index contributed by atoms with van der Waals surface area (Å²) in [7, 11) is 1.61. The van der Waals surface area contributed by atoms with Crippen LogP contribution in [-0.2, 0) is 9.53 Å². The molecule has 1 unspecified atom stereocenters. The van der Waals surface area contributed by atoms with Gasteiger partial charge >= 0.3 is 0 Å². The Morgan fingerprint density at radius 2 is 2.15 bits per heavy atom. The third kappa shape index (κ3) is 3.48. The largest absolute Gasteiger partial charge is 0.383 e. The van der Waals surface area contributed by atoms with E-state index in [2.05, 4.69) is 10.1 Å². The van der Waals surface area contributed by atoms with Crippen LogP contribution in [0.25, 0.3) is 16.9 Å². The molecule has 27 heavy (non-hydrogen) atoms. The van der Waals surface area contributed by atoms with Crippen LogP contribution in [0.2, 0.25) is 5.02 Å². The van der Waals surface area contributed by atoms with E-state index >= 15 is 0 Å². The first-order chi connectivity index (χ1) is 13.0. The second kappa shape index (κ2) is 7.17. The topological polar surface area (TPSA) is 79.7 Å². The highest BCUT2D eigenvalue weighted by Crippen LogP contribution is 2.27. The van der Waals surface area contributed by atoms with Gasteiger partial charge in [0, 0.05) is 55.3 Å². The molecule has 2 aromatic heterocycles. The van der Waals surface area contributed by atoms with Crippen molar-refractivity contribution in [3.05, 3.63) is 57.5 Å². The number of likely N-dealkylation sites (tertiary alicyclic amines) is 1. The third-order valence-electron chi connectivity index (χ3n) is 4.80. The molecule has 0 spiro atoms. The first-order valence-corrected chi connectivity index (χ1v) is 9.08. The maximum Gasteiger partial charge on any atom is 0.272 e. The van der Waals surface area contributed by atoms with Crippen molar-refractivity contribution in [2.24, 2.45) is 0 Å². The molecule has 8 heteroatoms. The van der Waals surface area contributed by atoms with Crippen molar-refractivity contribution in [2.75, 3.05) is 26.8 Å². The number of rotatable bonds is 5. The molecule has 1 aliphatic rings. The fraction of sp³-hybridized carbons (Fsp3) is 0.316. The molecule has 0 saturated carbocycles. The van der Waals surface area contributed by atoms with Crippen molar-refractivity contribution in [1.29, 1.82) is 0 Å². The number of hydrogen-bond acceptors (Lipinski definition) is 4. The molecule has 3 heterocycles. The van der Waals surface area contributed by atoms with Gasteiger partial charge in [-0.25, -0.2) is 9.50 Å². The highest BCUT2D eigenvalue weighted by atomic mass is 35.5. The zero-order valence-corrected chi connectivity index (χ0v) is 15.6. The fourth-order valence-electron chi connectivity index (χ4n) is 3.41. The van der Waals surface area contributed by atoms with Crippen molar-refractivity contribution in [3.8, 4) is 11.3 Å². The van der Waals surface area contributed by atoms with Crippen LogP contribution in [0.15, 0.2) is 41.2 Å². The molecule has 1 N–H and O–H groups in total. The van der Waals surface area contributed by atoms with Crippen LogP contribution >= 0.6 is 11.6 Å². The van der Waals surface area contributed by atoms with E-state index in [1.54, 1.807) is 18.1 Å². The molecule has 3 aromatic rings. The van der Waals surface area contributed by atoms with Crippen molar-refractivity contribution in [2.45, 2.75) is 12.3 Å². The number of halogens is 1. The van der Waals surface area contributed by atoms with Gasteiger partial charge in [-0.3, -0.25) is 14.7 Å². The van der Waals surface area contributed by atoms with E-state index in [0.717, 1.165) is 11.3 Å². The average Bonchev–Trinajstić information content (AvgIpc) is 3.24. The lowest BCUT2D eigenvalue weighted by molar-refractivity contribution is -0.128. The number of ether oxygens (including phenoxy) is 1. The minimum atomic E-state index is -0.203. The van der Waals surface area contributed by atoms with Gasteiger partial charge in [0.15, 0.2) is 5.65 Å². The second-order valence-corrected chi connectivity index (χ2v) is 7.06. The Kier molecular flexibility index (Phi) is 4.72. The first-order valence-electron chi connectivity index (χ1n) is 8.70. The quantitative estimate of drug-likeness (QED) is 0.729. The normalized spacial score (nSPS) is 17.2. The molecule has 0 aliphatic carbocycles. The third-order valence-corrected chi connectivity index (χ3v) is 5.04. The molecular weight excluding hydrogens is 368 g/mol. The summed E-state index contributed by atoms with van der Waals surface area (Å²) in [5, 5.41) is 3.68. The number of amides is 1. The Labute approximate surface area is 160 Å². The van der Waals surface area contributed by atoms with Gasteiger partial charge in [-0.15, -0.1) is 0 Å². The molecule has 1 fully saturated rings. The van der Waals surface area contributed by atoms with Crippen LogP contribution in [-0.4, -0.2) is 52.2 Å². The Bertz CT molecular complexity index is 1060. The van der Waals surface area contributed by atoms with Crippen molar-refractivity contribution < 1.29 is 9.53 Å². The Balaban J connectivity index is 1.66. The standard InChI is InChI=1S/C19H19ClN4O3/c1-27-6-5-23-11-13(8-18(23)25)15-10-19(26)24-17(21-15)9-16(22-24)12-3-2-4-14(20)7-12/h2-4,7,9-10,13,22H,5-6,8,11H2,1H3. The van der Waals surface area contributed by atoms with E-state index in [1.807, 2.05) is 24.3 Å².